The van der Waals surface area contributed by atoms with E-state index in [9.17, 15) is 0 Å². The maximum absolute atomic E-state index is 2.68. The zero-order valence-corrected chi connectivity index (χ0v) is 38.9. The van der Waals surface area contributed by atoms with Crippen molar-refractivity contribution in [2.75, 3.05) is 4.90 Å². The molecule has 0 saturated carbocycles. The molecule has 2 aromatic heterocycles. The van der Waals surface area contributed by atoms with Gasteiger partial charge in [-0.05, 0) is 133 Å². The van der Waals surface area contributed by atoms with Gasteiger partial charge in [0.15, 0.2) is 0 Å². The fourth-order valence-electron chi connectivity index (χ4n) is 10.8. The summed E-state index contributed by atoms with van der Waals surface area (Å²) in [5.41, 5.74) is 22.5. The maximum atomic E-state index is 2.68. The molecule has 0 spiro atoms. The van der Waals surface area contributed by atoms with Crippen molar-refractivity contribution in [3.63, 3.8) is 0 Å². The van der Waals surface area contributed by atoms with E-state index >= 15 is 0 Å². The normalized spacial score (nSPS) is 14.8. The number of benzene rings is 6. The number of nitrogens with zero attached hydrogens (tertiary/aromatic N) is 3. The van der Waals surface area contributed by atoms with Gasteiger partial charge in [0.2, 0.25) is 0 Å². The number of hydrogen-bond acceptors (Lipinski definition) is 1. The summed E-state index contributed by atoms with van der Waals surface area (Å²) in [4.78, 5) is 2.58. The van der Waals surface area contributed by atoms with Crippen molar-refractivity contribution in [1.29, 1.82) is 0 Å². The summed E-state index contributed by atoms with van der Waals surface area (Å²) >= 11 is 0. The van der Waals surface area contributed by atoms with E-state index in [1.807, 2.05) is 0 Å². The van der Waals surface area contributed by atoms with Crippen LogP contribution in [0.1, 0.15) is 123 Å². The first-order valence-corrected chi connectivity index (χ1v) is 22.9. The van der Waals surface area contributed by atoms with Gasteiger partial charge in [0.05, 0.1) is 16.7 Å². The van der Waals surface area contributed by atoms with Gasteiger partial charge in [-0.3, -0.25) is 0 Å². The van der Waals surface area contributed by atoms with Crippen molar-refractivity contribution in [2.24, 2.45) is 0 Å². The molecule has 0 N–H and O–H groups in total. The lowest BCUT2D eigenvalue weighted by Gasteiger charge is -2.41. The molecule has 8 aromatic rings. The zero-order valence-electron chi connectivity index (χ0n) is 38.9. The Balaban J connectivity index is 1.34. The van der Waals surface area contributed by atoms with Crippen LogP contribution in [0.3, 0.4) is 0 Å². The summed E-state index contributed by atoms with van der Waals surface area (Å²) in [5, 5.41) is 4.01. The standard InChI is InChI=1S/C58H60BN3/c1-55(2,3)35-24-27-48-45(29-35)59-46-30-38(58(10,11)12)28-44-41-20-16-17-21-47(41)62(54(44)46)52-34-40(33-51(53(52)59)60(48)39-18-14-13-15-19-39)61-49-31-36(56(4,5)6)22-25-42(49)43-26-23-37(32-50(43)61)57(7,8)9/h13-15,17-19,21-34H,16,20H2,1-12H3. The van der Waals surface area contributed by atoms with Gasteiger partial charge in [-0.2, -0.15) is 0 Å². The molecule has 0 atom stereocenters. The summed E-state index contributed by atoms with van der Waals surface area (Å²) in [6.07, 6.45) is 6.94. The molecule has 2 aliphatic heterocycles. The molecule has 0 saturated heterocycles. The van der Waals surface area contributed by atoms with Crippen LogP contribution in [-0.2, 0) is 28.1 Å². The average Bonchev–Trinajstić information content (AvgIpc) is 3.73. The highest BCUT2D eigenvalue weighted by Gasteiger charge is 2.44. The Labute approximate surface area is 369 Å². The topological polar surface area (TPSA) is 13.1 Å². The molecular weight excluding hydrogens is 749 g/mol. The van der Waals surface area contributed by atoms with E-state index in [1.54, 1.807) is 0 Å². The first-order valence-electron chi connectivity index (χ1n) is 22.9. The number of fused-ring (bicyclic) bond motifs is 10. The molecule has 4 heteroatoms. The minimum Gasteiger partial charge on any atom is -0.311 e. The number of aryl methyl sites for hydroxylation is 1. The molecule has 1 aliphatic carbocycles. The molecule has 4 heterocycles. The van der Waals surface area contributed by atoms with Gasteiger partial charge in [-0.15, -0.1) is 0 Å². The fraction of sp³-hybridized carbons (Fsp3) is 0.310. The van der Waals surface area contributed by atoms with Crippen molar-refractivity contribution < 1.29 is 0 Å². The van der Waals surface area contributed by atoms with E-state index in [2.05, 4.69) is 218 Å². The second kappa shape index (κ2) is 12.9. The van der Waals surface area contributed by atoms with Crippen molar-refractivity contribution in [1.82, 2.24) is 9.13 Å². The molecular formula is C58H60BN3. The van der Waals surface area contributed by atoms with Crippen LogP contribution in [0.4, 0.5) is 17.1 Å². The minimum atomic E-state index is -0.00761. The highest BCUT2D eigenvalue weighted by atomic mass is 15.2. The van der Waals surface area contributed by atoms with Gasteiger partial charge in [0.1, 0.15) is 0 Å². The number of allylic oxidation sites excluding steroid dienone is 1. The van der Waals surface area contributed by atoms with Crippen molar-refractivity contribution in [3.05, 3.63) is 149 Å². The largest absolute Gasteiger partial charge is 0.311 e. The van der Waals surface area contributed by atoms with Crippen LogP contribution >= 0.6 is 0 Å². The van der Waals surface area contributed by atoms with Crippen LogP contribution in [0.25, 0.3) is 50.2 Å². The van der Waals surface area contributed by atoms with E-state index in [4.69, 9.17) is 0 Å². The molecule has 3 aliphatic rings. The molecule has 62 heavy (non-hydrogen) atoms. The van der Waals surface area contributed by atoms with Gasteiger partial charge in [-0.1, -0.05) is 150 Å². The molecule has 0 unspecified atom stereocenters. The van der Waals surface area contributed by atoms with Crippen LogP contribution in [0.5, 0.6) is 0 Å². The molecule has 0 fully saturated rings. The van der Waals surface area contributed by atoms with Crippen LogP contribution in [0.15, 0.2) is 115 Å². The molecule has 0 amide bonds. The molecule has 3 nitrogen and oxygen atoms in total. The van der Waals surface area contributed by atoms with Crippen LogP contribution in [0, 0.1) is 0 Å². The van der Waals surface area contributed by atoms with Gasteiger partial charge in [0.25, 0.3) is 6.71 Å². The highest BCUT2D eigenvalue weighted by Crippen LogP contribution is 2.46. The fourth-order valence-corrected chi connectivity index (χ4v) is 10.8. The summed E-state index contributed by atoms with van der Waals surface area (Å²) in [5.74, 6) is 0. The van der Waals surface area contributed by atoms with E-state index in [0.717, 1.165) is 12.8 Å². The minimum absolute atomic E-state index is 0.00139. The Bertz CT molecular complexity index is 3140. The first-order chi connectivity index (χ1) is 29.3. The number of para-hydroxylation sites is 1. The van der Waals surface area contributed by atoms with Gasteiger partial charge >= 0.3 is 0 Å². The number of aromatic nitrogens is 2. The van der Waals surface area contributed by atoms with Gasteiger partial charge in [0, 0.05) is 50.1 Å². The third-order valence-electron chi connectivity index (χ3n) is 14.4. The highest BCUT2D eigenvalue weighted by molar-refractivity contribution is 7.00. The maximum Gasteiger partial charge on any atom is 0.252 e. The van der Waals surface area contributed by atoms with Crippen molar-refractivity contribution >= 4 is 78.9 Å². The monoisotopic (exact) mass is 809 g/mol. The second-order valence-corrected chi connectivity index (χ2v) is 22.7. The Hall–Kier alpha value is -5.74. The van der Waals surface area contributed by atoms with Crippen LogP contribution < -0.4 is 21.3 Å². The predicted molar refractivity (Wildman–Crippen MR) is 269 cm³/mol. The first kappa shape index (κ1) is 39.1. The Morgan fingerprint density at radius 2 is 1.03 bits per heavy atom. The molecule has 0 bridgehead atoms. The SMILES string of the molecule is CC(C)(C)c1ccc2c(c1)B1c3c(cc(-n4c5cc(C(C)(C)C)ccc5c5ccc(C(C)(C)C)cc54)cc3-n3c4c(c5cc(C(C)(C)C)cc1c53)CCC=C4)N2c1ccccc1. The van der Waals surface area contributed by atoms with Gasteiger partial charge in [-0.25, -0.2) is 0 Å². The van der Waals surface area contributed by atoms with E-state index in [-0.39, 0.29) is 28.4 Å². The van der Waals surface area contributed by atoms with E-state index in [1.165, 1.54) is 111 Å². The van der Waals surface area contributed by atoms with E-state index in [0.29, 0.717) is 0 Å². The lowest BCUT2D eigenvalue weighted by molar-refractivity contribution is 0.590. The third kappa shape index (κ3) is 5.71. The lowest BCUT2D eigenvalue weighted by atomic mass is 9.33. The summed E-state index contributed by atoms with van der Waals surface area (Å²) in [6.45, 7) is 28.2. The summed E-state index contributed by atoms with van der Waals surface area (Å²) in [6, 6.07) is 43.1. The van der Waals surface area contributed by atoms with Gasteiger partial charge < -0.3 is 14.0 Å². The van der Waals surface area contributed by atoms with Crippen molar-refractivity contribution in [3.8, 4) is 11.4 Å². The molecule has 11 rings (SSSR count). The lowest BCUT2D eigenvalue weighted by Crippen LogP contribution is -2.61. The molecule has 0 radical (unpaired) electrons. The Kier molecular flexibility index (Phi) is 8.15. The summed E-state index contributed by atoms with van der Waals surface area (Å²) in [7, 11) is 0. The van der Waals surface area contributed by atoms with Crippen molar-refractivity contribution in [2.45, 2.75) is 118 Å². The second-order valence-electron chi connectivity index (χ2n) is 22.7. The van der Waals surface area contributed by atoms with Crippen LogP contribution in [0.2, 0.25) is 0 Å². The summed E-state index contributed by atoms with van der Waals surface area (Å²) < 4.78 is 5.28. The quantitative estimate of drug-likeness (QED) is 0.159. The molecule has 6 aromatic carbocycles. The average molecular weight is 810 g/mol. The van der Waals surface area contributed by atoms with E-state index < -0.39 is 0 Å². The molecule has 310 valence electrons. The predicted octanol–water partition coefficient (Wildman–Crippen LogP) is 13.5. The Morgan fingerprint density at radius 3 is 1.65 bits per heavy atom. The number of anilines is 3. The zero-order chi connectivity index (χ0) is 43.4. The smallest absolute Gasteiger partial charge is 0.252 e. The Morgan fingerprint density at radius 1 is 0.468 bits per heavy atom. The third-order valence-corrected chi connectivity index (χ3v) is 14.4. The van der Waals surface area contributed by atoms with Crippen LogP contribution in [-0.4, -0.2) is 15.8 Å². The number of hydrogen-bond donors (Lipinski definition) is 0. The number of rotatable bonds is 2.